The topological polar surface area (TPSA) is 131 Å². The summed E-state index contributed by atoms with van der Waals surface area (Å²) in [6.07, 6.45) is 1.28. The minimum absolute atomic E-state index is 0. The Morgan fingerprint density at radius 3 is 0.917 bits per heavy atom. The Bertz CT molecular complexity index is 79.0. The van der Waals surface area contributed by atoms with Crippen LogP contribution in [0.4, 0.5) is 0 Å². The van der Waals surface area contributed by atoms with E-state index in [1.807, 2.05) is 0 Å². The highest BCUT2D eigenvalue weighted by Crippen LogP contribution is 1.90. The molecule has 1 fully saturated rings. The number of nitrogens with one attached hydrogen (secondary N) is 3. The maximum atomic E-state index is 3.29. The Hall–Kier alpha value is -0.240. The van der Waals surface area contributed by atoms with E-state index in [0.717, 1.165) is 0 Å². The molecule has 0 aromatic heterocycles. The lowest BCUT2D eigenvalue weighted by Crippen LogP contribution is -2.64. The Balaban J connectivity index is -0.000000270. The third-order valence-electron chi connectivity index (χ3n) is 1.50. The fourth-order valence-corrected chi connectivity index (χ4v) is 1.27. The zero-order valence-corrected chi connectivity index (χ0v) is 7.73. The fraction of sp³-hybridized carbons (Fsp3) is 1.00. The van der Waals surface area contributed by atoms with Crippen molar-refractivity contribution < 1.29 is 16.4 Å². The zero-order valence-electron chi connectivity index (χ0n) is 7.73. The lowest BCUT2D eigenvalue weighted by atomic mass is 10.3. The van der Waals surface area contributed by atoms with Crippen molar-refractivity contribution in [2.75, 3.05) is 0 Å². The molecular weight excluding hydrogens is 162 g/mol. The molecule has 0 spiro atoms. The molecule has 1 heterocycles. The van der Waals surface area contributed by atoms with Crippen molar-refractivity contribution in [3.63, 3.8) is 0 Å². The summed E-state index contributed by atoms with van der Waals surface area (Å²) in [6, 6.07) is 0. The molecule has 1 aliphatic rings. The first kappa shape index (κ1) is 17.7. The van der Waals surface area contributed by atoms with Crippen LogP contribution in [0.5, 0.6) is 0 Å². The van der Waals surface area contributed by atoms with Crippen molar-refractivity contribution in [2.24, 2.45) is 0 Å². The first-order valence-corrected chi connectivity index (χ1v) is 3.46. The molecular formula is C6H21N3O3. The molecule has 0 aromatic rings. The van der Waals surface area contributed by atoms with E-state index in [4.69, 9.17) is 0 Å². The third kappa shape index (κ3) is 5.42. The minimum atomic E-state index is 0. The summed E-state index contributed by atoms with van der Waals surface area (Å²) < 4.78 is 0. The summed E-state index contributed by atoms with van der Waals surface area (Å²) in [7, 11) is 0. The maximum absolute atomic E-state index is 3.29. The van der Waals surface area contributed by atoms with E-state index in [1.165, 1.54) is 0 Å². The summed E-state index contributed by atoms with van der Waals surface area (Å²) in [5, 5.41) is 9.86. The van der Waals surface area contributed by atoms with Gasteiger partial charge in [0.1, 0.15) is 0 Å². The van der Waals surface area contributed by atoms with Gasteiger partial charge in [-0.05, 0) is 20.8 Å². The van der Waals surface area contributed by atoms with E-state index in [9.17, 15) is 0 Å². The number of hydrogen-bond donors (Lipinski definition) is 3. The summed E-state index contributed by atoms with van der Waals surface area (Å²) in [4.78, 5) is 0. The highest BCUT2D eigenvalue weighted by Gasteiger charge is 2.16. The third-order valence-corrected chi connectivity index (χ3v) is 1.50. The molecule has 12 heavy (non-hydrogen) atoms. The van der Waals surface area contributed by atoms with E-state index < -0.39 is 0 Å². The van der Waals surface area contributed by atoms with Gasteiger partial charge >= 0.3 is 0 Å². The molecule has 0 atom stereocenters. The van der Waals surface area contributed by atoms with Crippen LogP contribution in [-0.2, 0) is 0 Å². The Labute approximate surface area is 72.6 Å². The Morgan fingerprint density at radius 2 is 0.750 bits per heavy atom. The number of hydrogen-bond acceptors (Lipinski definition) is 3. The van der Waals surface area contributed by atoms with Crippen LogP contribution in [0.15, 0.2) is 0 Å². The standard InChI is InChI=1S/C6H15N3.3H2O/c1-4-7-5(2)9-6(3)8-4;;;/h4-9H,1-3H3;3*1H2. The summed E-state index contributed by atoms with van der Waals surface area (Å²) in [5.74, 6) is 0. The van der Waals surface area contributed by atoms with Crippen molar-refractivity contribution in [3.05, 3.63) is 0 Å². The quantitative estimate of drug-likeness (QED) is 0.378. The molecule has 0 saturated carbocycles. The van der Waals surface area contributed by atoms with Gasteiger partial charge in [0.15, 0.2) is 0 Å². The maximum Gasteiger partial charge on any atom is 0.0566 e. The largest absolute Gasteiger partial charge is 0.412 e. The highest BCUT2D eigenvalue weighted by atomic mass is 16.0. The second kappa shape index (κ2) is 7.41. The second-order valence-corrected chi connectivity index (χ2v) is 2.67. The Kier molecular flexibility index (Phi) is 11.0. The molecule has 0 radical (unpaired) electrons. The van der Waals surface area contributed by atoms with E-state index in [0.29, 0.717) is 18.5 Å². The molecule has 78 valence electrons. The molecule has 6 heteroatoms. The van der Waals surface area contributed by atoms with Gasteiger partial charge in [-0.15, -0.1) is 0 Å². The molecule has 0 bridgehead atoms. The average Bonchev–Trinajstić information content (AvgIpc) is 1.59. The summed E-state index contributed by atoms with van der Waals surface area (Å²) in [5.41, 5.74) is 0. The first-order chi connectivity index (χ1) is 4.18. The van der Waals surface area contributed by atoms with Crippen LogP contribution in [0, 0.1) is 0 Å². The minimum Gasteiger partial charge on any atom is -0.412 e. The van der Waals surface area contributed by atoms with Crippen LogP contribution in [-0.4, -0.2) is 34.9 Å². The van der Waals surface area contributed by atoms with Crippen molar-refractivity contribution in [1.82, 2.24) is 16.0 Å². The van der Waals surface area contributed by atoms with E-state index >= 15 is 0 Å². The smallest absolute Gasteiger partial charge is 0.0566 e. The van der Waals surface area contributed by atoms with Crippen LogP contribution < -0.4 is 16.0 Å². The van der Waals surface area contributed by atoms with Crippen LogP contribution in [0.3, 0.4) is 0 Å². The molecule has 9 N–H and O–H groups in total. The number of rotatable bonds is 0. The molecule has 0 aromatic carbocycles. The van der Waals surface area contributed by atoms with Crippen LogP contribution in [0.1, 0.15) is 20.8 Å². The second-order valence-electron chi connectivity index (χ2n) is 2.67. The molecule has 0 aliphatic carbocycles. The van der Waals surface area contributed by atoms with E-state index in [-0.39, 0.29) is 16.4 Å². The van der Waals surface area contributed by atoms with Gasteiger partial charge in [0.05, 0.1) is 18.5 Å². The monoisotopic (exact) mass is 183 g/mol. The highest BCUT2D eigenvalue weighted by molar-refractivity contribution is 4.74. The summed E-state index contributed by atoms with van der Waals surface area (Å²) in [6.45, 7) is 6.36. The lowest BCUT2D eigenvalue weighted by Gasteiger charge is -2.33. The van der Waals surface area contributed by atoms with Crippen molar-refractivity contribution in [1.29, 1.82) is 0 Å². The summed E-state index contributed by atoms with van der Waals surface area (Å²) >= 11 is 0. The average molecular weight is 183 g/mol. The normalized spacial score (nSPS) is 33.8. The zero-order chi connectivity index (χ0) is 6.85. The van der Waals surface area contributed by atoms with Gasteiger partial charge in [-0.25, -0.2) is 0 Å². The predicted octanol–water partition coefficient (Wildman–Crippen LogP) is -2.67. The van der Waals surface area contributed by atoms with Crippen molar-refractivity contribution in [2.45, 2.75) is 39.3 Å². The SMILES string of the molecule is CC1NC(C)NC(C)N1.O.O.O. The van der Waals surface area contributed by atoms with Gasteiger partial charge in [-0.1, -0.05) is 0 Å². The van der Waals surface area contributed by atoms with Crippen LogP contribution in [0.25, 0.3) is 0 Å². The van der Waals surface area contributed by atoms with Gasteiger partial charge in [-0.2, -0.15) is 0 Å². The van der Waals surface area contributed by atoms with Gasteiger partial charge in [0.2, 0.25) is 0 Å². The molecule has 0 unspecified atom stereocenters. The van der Waals surface area contributed by atoms with E-state index in [2.05, 4.69) is 36.7 Å². The predicted molar refractivity (Wildman–Crippen MR) is 48.6 cm³/mol. The van der Waals surface area contributed by atoms with Gasteiger partial charge < -0.3 is 16.4 Å². The molecule has 1 rings (SSSR count). The molecule has 1 saturated heterocycles. The van der Waals surface area contributed by atoms with Crippen molar-refractivity contribution in [3.8, 4) is 0 Å². The Morgan fingerprint density at radius 1 is 0.583 bits per heavy atom. The van der Waals surface area contributed by atoms with Crippen LogP contribution in [0.2, 0.25) is 0 Å². The molecule has 0 amide bonds. The van der Waals surface area contributed by atoms with Gasteiger partial charge in [0, 0.05) is 0 Å². The van der Waals surface area contributed by atoms with Gasteiger partial charge in [0.25, 0.3) is 0 Å². The van der Waals surface area contributed by atoms with Crippen molar-refractivity contribution >= 4 is 0 Å². The lowest BCUT2D eigenvalue weighted by molar-refractivity contribution is 0.233. The fourth-order valence-electron chi connectivity index (χ4n) is 1.27. The van der Waals surface area contributed by atoms with E-state index in [1.54, 1.807) is 0 Å². The molecule has 6 nitrogen and oxygen atoms in total. The molecule has 1 aliphatic heterocycles. The first-order valence-electron chi connectivity index (χ1n) is 3.46. The van der Waals surface area contributed by atoms with Gasteiger partial charge in [-0.3, -0.25) is 16.0 Å². The van der Waals surface area contributed by atoms with Crippen LogP contribution >= 0.6 is 0 Å².